The Kier molecular flexibility index (Phi) is 7.69. The molecule has 1 heterocycles. The Bertz CT molecular complexity index is 976. The molecule has 0 aliphatic rings. The monoisotopic (exact) mass is 403 g/mol. The Morgan fingerprint density at radius 2 is 1.60 bits per heavy atom. The number of benzene rings is 2. The molecule has 0 aliphatic heterocycles. The van der Waals surface area contributed by atoms with E-state index in [0.29, 0.717) is 13.2 Å². The Morgan fingerprint density at radius 3 is 2.23 bits per heavy atom. The van der Waals surface area contributed by atoms with Crippen LogP contribution in [0.2, 0.25) is 0 Å². The lowest BCUT2D eigenvalue weighted by molar-refractivity contribution is -0.145. The van der Waals surface area contributed by atoms with Gasteiger partial charge in [0.05, 0.1) is 31.3 Å². The van der Waals surface area contributed by atoms with E-state index in [0.717, 1.165) is 28.3 Å². The molecule has 0 atom stereocenters. The van der Waals surface area contributed by atoms with Crippen molar-refractivity contribution in [2.24, 2.45) is 0 Å². The number of aromatic nitrogens is 2. The first-order chi connectivity index (χ1) is 14.7. The van der Waals surface area contributed by atoms with E-state index in [9.17, 15) is 4.79 Å². The summed E-state index contributed by atoms with van der Waals surface area (Å²) in [5.74, 6) is 0.386. The number of methoxy groups -OCH3 is 1. The molecule has 0 N–H and O–H groups in total. The molecule has 0 saturated carbocycles. The Balaban J connectivity index is 1.75. The lowest BCUT2D eigenvalue weighted by atomic mass is 10.0. The smallest absolute Gasteiger partial charge is 0.331 e. The largest absolute Gasteiger partial charge is 0.467 e. The number of likely N-dealkylation sites (N-methyl/N-ethyl adjacent to an activating group) is 1. The summed E-state index contributed by atoms with van der Waals surface area (Å²) < 4.78 is 9.74. The summed E-state index contributed by atoms with van der Waals surface area (Å²) in [6, 6.07) is 20.1. The molecule has 0 saturated heterocycles. The van der Waals surface area contributed by atoms with Crippen LogP contribution in [-0.4, -0.2) is 49.9 Å². The molecule has 30 heavy (non-hydrogen) atoms. The Labute approximate surface area is 176 Å². The van der Waals surface area contributed by atoms with Crippen LogP contribution in [0.5, 0.6) is 0 Å². The van der Waals surface area contributed by atoms with E-state index < -0.39 is 0 Å². The first kappa shape index (κ1) is 21.2. The summed E-state index contributed by atoms with van der Waals surface area (Å²) in [6.07, 6.45) is 5.62. The lowest BCUT2D eigenvalue weighted by Crippen LogP contribution is -2.19. The normalized spacial score (nSPS) is 10.9. The van der Waals surface area contributed by atoms with Gasteiger partial charge in [-0.1, -0.05) is 72.8 Å². The maximum absolute atomic E-state index is 11.0. The molecule has 0 aliphatic carbocycles. The first-order valence-corrected chi connectivity index (χ1v) is 9.67. The van der Waals surface area contributed by atoms with Gasteiger partial charge in [0.2, 0.25) is 0 Å². The standard InChI is InChI=1S/C24H25N3O3/c1-27(15-9-10-16-30-18-22(28)29-2)21-17-25-23(19-11-5-3-6-12-19)24(26-21)20-13-7-4-8-14-20/h3-14,17H,15-16,18H2,1-2H3/b10-9+. The molecule has 0 spiro atoms. The molecule has 0 fully saturated rings. The highest BCUT2D eigenvalue weighted by Crippen LogP contribution is 2.30. The number of anilines is 1. The van der Waals surface area contributed by atoms with Crippen molar-refractivity contribution in [3.05, 3.63) is 79.0 Å². The molecule has 1 aromatic heterocycles. The van der Waals surface area contributed by atoms with Crippen molar-refractivity contribution >= 4 is 11.8 Å². The predicted octanol–water partition coefficient (Wildman–Crippen LogP) is 3.99. The second-order valence-electron chi connectivity index (χ2n) is 6.60. The molecule has 3 rings (SSSR count). The SMILES string of the molecule is COC(=O)COC/C=C/CN(C)c1cnc(-c2ccccc2)c(-c2ccccc2)n1. The highest BCUT2D eigenvalue weighted by atomic mass is 16.6. The van der Waals surface area contributed by atoms with Crippen molar-refractivity contribution in [1.82, 2.24) is 9.97 Å². The number of esters is 1. The number of rotatable bonds is 9. The third-order valence-electron chi connectivity index (χ3n) is 4.45. The molecule has 0 amide bonds. The van der Waals surface area contributed by atoms with Gasteiger partial charge < -0.3 is 14.4 Å². The van der Waals surface area contributed by atoms with Crippen molar-refractivity contribution in [1.29, 1.82) is 0 Å². The van der Waals surface area contributed by atoms with Crippen LogP contribution in [0.1, 0.15) is 0 Å². The number of nitrogens with zero attached hydrogens (tertiary/aromatic N) is 3. The van der Waals surface area contributed by atoms with Crippen LogP contribution in [0, 0.1) is 0 Å². The van der Waals surface area contributed by atoms with E-state index in [-0.39, 0.29) is 12.6 Å². The van der Waals surface area contributed by atoms with E-state index in [2.05, 4.69) is 4.74 Å². The highest BCUT2D eigenvalue weighted by molar-refractivity contribution is 5.78. The molecule has 6 heteroatoms. The third kappa shape index (κ3) is 5.75. The molecule has 3 aromatic rings. The van der Waals surface area contributed by atoms with Crippen LogP contribution in [0.25, 0.3) is 22.5 Å². The van der Waals surface area contributed by atoms with Crippen molar-refractivity contribution in [2.45, 2.75) is 0 Å². The topological polar surface area (TPSA) is 64.6 Å². The zero-order valence-corrected chi connectivity index (χ0v) is 17.2. The fourth-order valence-electron chi connectivity index (χ4n) is 2.83. The molecular formula is C24H25N3O3. The van der Waals surface area contributed by atoms with Gasteiger partial charge in [-0.2, -0.15) is 0 Å². The van der Waals surface area contributed by atoms with Crippen LogP contribution in [-0.2, 0) is 14.3 Å². The van der Waals surface area contributed by atoms with E-state index in [4.69, 9.17) is 14.7 Å². The minimum Gasteiger partial charge on any atom is -0.467 e. The van der Waals surface area contributed by atoms with Gasteiger partial charge in [-0.05, 0) is 0 Å². The number of hydrogen-bond donors (Lipinski definition) is 0. The van der Waals surface area contributed by atoms with E-state index >= 15 is 0 Å². The van der Waals surface area contributed by atoms with Crippen LogP contribution < -0.4 is 4.90 Å². The zero-order chi connectivity index (χ0) is 21.2. The Hall–Kier alpha value is -3.51. The molecule has 0 radical (unpaired) electrons. The minimum atomic E-state index is -0.386. The van der Waals surface area contributed by atoms with Gasteiger partial charge in [0, 0.05) is 24.7 Å². The number of carbonyl (C=O) groups is 1. The second kappa shape index (κ2) is 10.9. The van der Waals surface area contributed by atoms with E-state index in [1.807, 2.05) is 84.8 Å². The quantitative estimate of drug-likeness (QED) is 0.306. The Morgan fingerprint density at radius 1 is 0.967 bits per heavy atom. The number of hydrogen-bond acceptors (Lipinski definition) is 6. The predicted molar refractivity (Wildman–Crippen MR) is 118 cm³/mol. The maximum Gasteiger partial charge on any atom is 0.331 e. The van der Waals surface area contributed by atoms with Crippen LogP contribution in [0.3, 0.4) is 0 Å². The van der Waals surface area contributed by atoms with E-state index in [1.165, 1.54) is 7.11 Å². The summed E-state index contributed by atoms with van der Waals surface area (Å²) in [5.41, 5.74) is 3.74. The molecule has 0 unspecified atom stereocenters. The molecule has 0 bridgehead atoms. The molecule has 2 aromatic carbocycles. The molecular weight excluding hydrogens is 378 g/mol. The fourth-order valence-corrected chi connectivity index (χ4v) is 2.83. The van der Waals surface area contributed by atoms with Gasteiger partial charge in [0.1, 0.15) is 12.4 Å². The lowest BCUT2D eigenvalue weighted by Gasteiger charge is -2.18. The first-order valence-electron chi connectivity index (χ1n) is 9.67. The number of carbonyl (C=O) groups excluding carboxylic acids is 1. The molecule has 6 nitrogen and oxygen atoms in total. The average molecular weight is 403 g/mol. The summed E-state index contributed by atoms with van der Waals surface area (Å²) >= 11 is 0. The van der Waals surface area contributed by atoms with Gasteiger partial charge in [-0.15, -0.1) is 0 Å². The van der Waals surface area contributed by atoms with Crippen LogP contribution in [0.4, 0.5) is 5.82 Å². The van der Waals surface area contributed by atoms with Crippen molar-refractivity contribution < 1.29 is 14.3 Å². The van der Waals surface area contributed by atoms with Gasteiger partial charge in [-0.3, -0.25) is 4.98 Å². The summed E-state index contributed by atoms with van der Waals surface area (Å²) in [6.45, 7) is 0.926. The minimum absolute atomic E-state index is 0.0520. The van der Waals surface area contributed by atoms with Crippen LogP contribution >= 0.6 is 0 Å². The third-order valence-corrected chi connectivity index (χ3v) is 4.45. The van der Waals surface area contributed by atoms with Crippen LogP contribution in [0.15, 0.2) is 79.0 Å². The van der Waals surface area contributed by atoms with Gasteiger partial charge in [0.15, 0.2) is 0 Å². The van der Waals surface area contributed by atoms with E-state index in [1.54, 1.807) is 6.20 Å². The summed E-state index contributed by atoms with van der Waals surface area (Å²) in [4.78, 5) is 22.7. The van der Waals surface area contributed by atoms with Gasteiger partial charge in [-0.25, -0.2) is 9.78 Å². The summed E-state index contributed by atoms with van der Waals surface area (Å²) in [7, 11) is 3.30. The van der Waals surface area contributed by atoms with Gasteiger partial charge in [0.25, 0.3) is 0 Å². The fraction of sp³-hybridized carbons (Fsp3) is 0.208. The average Bonchev–Trinajstić information content (AvgIpc) is 2.81. The molecule has 154 valence electrons. The number of ether oxygens (including phenoxy) is 2. The van der Waals surface area contributed by atoms with Crippen molar-refractivity contribution in [3.63, 3.8) is 0 Å². The van der Waals surface area contributed by atoms with Crippen molar-refractivity contribution in [3.8, 4) is 22.5 Å². The second-order valence-corrected chi connectivity index (χ2v) is 6.60. The van der Waals surface area contributed by atoms with Gasteiger partial charge >= 0.3 is 5.97 Å². The summed E-state index contributed by atoms with van der Waals surface area (Å²) in [5, 5.41) is 0. The zero-order valence-electron chi connectivity index (χ0n) is 17.2. The highest BCUT2D eigenvalue weighted by Gasteiger charge is 2.13. The maximum atomic E-state index is 11.0. The van der Waals surface area contributed by atoms with Crippen molar-refractivity contribution in [2.75, 3.05) is 38.8 Å².